The van der Waals surface area contributed by atoms with Crippen LogP contribution in [0.2, 0.25) is 0 Å². The Hall–Kier alpha value is -7.63. The van der Waals surface area contributed by atoms with Gasteiger partial charge in [0.1, 0.15) is 0 Å². The third-order valence-electron chi connectivity index (χ3n) is 14.5. The second-order valence-corrected chi connectivity index (χ2v) is 19.2. The smallest absolute Gasteiger partial charge is 0.238 e. The second kappa shape index (κ2) is 14.7. The highest BCUT2D eigenvalue weighted by Gasteiger charge is 2.42. The molecule has 314 valence electrons. The molecule has 5 heteroatoms. The van der Waals surface area contributed by atoms with Crippen LogP contribution in [-0.4, -0.2) is 24.1 Å². The second-order valence-electron chi connectivity index (χ2n) is 19.2. The Bertz CT molecular complexity index is 3610. The van der Waals surface area contributed by atoms with Crippen molar-refractivity contribution in [3.63, 3.8) is 0 Å². The Balaban J connectivity index is 1.04. The van der Waals surface area contributed by atoms with Crippen LogP contribution in [0.1, 0.15) is 52.2 Å². The highest BCUT2D eigenvalue weighted by molar-refractivity contribution is 6.19. The van der Waals surface area contributed by atoms with Gasteiger partial charge in [0.15, 0.2) is 11.6 Å². The normalized spacial score (nSPS) is 15.5. The summed E-state index contributed by atoms with van der Waals surface area (Å²) in [4.78, 5) is 15.7. The van der Waals surface area contributed by atoms with Gasteiger partial charge < -0.3 is 4.57 Å². The average Bonchev–Trinajstić information content (AvgIpc) is 3.85. The third-order valence-corrected chi connectivity index (χ3v) is 14.5. The van der Waals surface area contributed by atoms with E-state index < -0.39 is 0 Å². The van der Waals surface area contributed by atoms with Crippen molar-refractivity contribution >= 4 is 43.6 Å². The highest BCUT2D eigenvalue weighted by Crippen LogP contribution is 2.50. The SMILES string of the molecule is CC1CC(C)(C)c2ccc(-c3ccc(-n4c5ccccc5c5cc6c7ccccc7n(-c7nc(-c8ccccc8)nc(-c8ccc(-c9ccccc9)cc8)n7)c6cc54)cc3)cc2C1(C)C. The lowest BCUT2D eigenvalue weighted by molar-refractivity contribution is 0.233. The van der Waals surface area contributed by atoms with Crippen LogP contribution in [0.25, 0.3) is 100 Å². The van der Waals surface area contributed by atoms with Crippen LogP contribution >= 0.6 is 0 Å². The molecule has 8 aromatic carbocycles. The maximum Gasteiger partial charge on any atom is 0.238 e. The quantitative estimate of drug-likeness (QED) is 0.168. The molecule has 1 aliphatic carbocycles. The van der Waals surface area contributed by atoms with Crippen molar-refractivity contribution in [2.45, 2.75) is 51.9 Å². The van der Waals surface area contributed by atoms with E-state index in [1.54, 1.807) is 0 Å². The predicted molar refractivity (Wildman–Crippen MR) is 270 cm³/mol. The van der Waals surface area contributed by atoms with Crippen molar-refractivity contribution in [3.8, 4) is 56.7 Å². The molecule has 0 N–H and O–H groups in total. The standard InChI is InChI=1S/C60H49N5/c1-38-37-59(2,3)50-33-30-44(34-51(50)60(38,4)5)41-28-31-45(32-29-41)64-52-22-14-12-20-46(52)48-35-49-47-21-13-15-23-53(47)65(55(49)36-54(48)64)58-62-56(42-18-10-7-11-19-42)61-57(63-58)43-26-24-40(25-27-43)39-16-8-6-9-17-39/h6-36,38H,37H2,1-5H3. The van der Waals surface area contributed by atoms with Crippen LogP contribution in [0, 0.1) is 5.92 Å². The fraction of sp³-hybridized carbons (Fsp3) is 0.150. The van der Waals surface area contributed by atoms with E-state index in [1.165, 1.54) is 50.5 Å². The number of rotatable bonds is 6. The minimum Gasteiger partial charge on any atom is -0.309 e. The van der Waals surface area contributed by atoms with Crippen LogP contribution in [0.3, 0.4) is 0 Å². The lowest BCUT2D eigenvalue weighted by Crippen LogP contribution is -2.40. The van der Waals surface area contributed by atoms with E-state index in [0.717, 1.165) is 49.7 Å². The lowest BCUT2D eigenvalue weighted by atomic mass is 9.58. The van der Waals surface area contributed by atoms with Crippen molar-refractivity contribution in [2.75, 3.05) is 0 Å². The van der Waals surface area contributed by atoms with E-state index in [9.17, 15) is 0 Å². The van der Waals surface area contributed by atoms with Gasteiger partial charge in [0.05, 0.1) is 22.1 Å². The predicted octanol–water partition coefficient (Wildman–Crippen LogP) is 15.3. The molecule has 0 amide bonds. The summed E-state index contributed by atoms with van der Waals surface area (Å²) in [5.74, 6) is 2.42. The molecule has 3 aromatic heterocycles. The van der Waals surface area contributed by atoms with Crippen molar-refractivity contribution in [3.05, 3.63) is 199 Å². The molecule has 0 saturated carbocycles. The monoisotopic (exact) mass is 839 g/mol. The largest absolute Gasteiger partial charge is 0.309 e. The number of para-hydroxylation sites is 2. The zero-order chi connectivity index (χ0) is 44.0. The minimum atomic E-state index is 0.109. The molecule has 0 bridgehead atoms. The summed E-state index contributed by atoms with van der Waals surface area (Å²) in [5.41, 5.74) is 15.4. The summed E-state index contributed by atoms with van der Waals surface area (Å²) in [6.45, 7) is 12.1. The van der Waals surface area contributed by atoms with Crippen molar-refractivity contribution in [2.24, 2.45) is 5.92 Å². The van der Waals surface area contributed by atoms with Gasteiger partial charge in [-0.2, -0.15) is 9.97 Å². The number of nitrogens with zero attached hydrogens (tertiary/aromatic N) is 5. The number of aromatic nitrogens is 5. The first-order valence-electron chi connectivity index (χ1n) is 22.8. The Kier molecular flexibility index (Phi) is 8.83. The molecule has 12 rings (SSSR count). The molecule has 1 aliphatic rings. The van der Waals surface area contributed by atoms with Crippen LogP contribution < -0.4 is 0 Å². The Labute approximate surface area is 379 Å². The Morgan fingerprint density at radius 2 is 0.877 bits per heavy atom. The Morgan fingerprint density at radius 3 is 1.52 bits per heavy atom. The number of hydrogen-bond donors (Lipinski definition) is 0. The van der Waals surface area contributed by atoms with Crippen LogP contribution in [0.4, 0.5) is 0 Å². The van der Waals surface area contributed by atoms with Gasteiger partial charge in [-0.05, 0) is 92.9 Å². The first-order valence-corrected chi connectivity index (χ1v) is 22.8. The van der Waals surface area contributed by atoms with Gasteiger partial charge in [-0.15, -0.1) is 0 Å². The van der Waals surface area contributed by atoms with Crippen molar-refractivity contribution in [1.82, 2.24) is 24.1 Å². The van der Waals surface area contributed by atoms with E-state index in [-0.39, 0.29) is 10.8 Å². The summed E-state index contributed by atoms with van der Waals surface area (Å²) in [7, 11) is 0. The van der Waals surface area contributed by atoms with E-state index in [2.05, 4.69) is 208 Å². The number of fused-ring (bicyclic) bond motifs is 7. The molecule has 1 unspecified atom stereocenters. The first-order chi connectivity index (χ1) is 31.6. The summed E-state index contributed by atoms with van der Waals surface area (Å²) in [5, 5.41) is 4.71. The maximum atomic E-state index is 5.30. The fourth-order valence-electron chi connectivity index (χ4n) is 10.7. The topological polar surface area (TPSA) is 48.5 Å². The van der Waals surface area contributed by atoms with Gasteiger partial charge in [0.2, 0.25) is 5.95 Å². The van der Waals surface area contributed by atoms with E-state index in [4.69, 9.17) is 15.0 Å². The van der Waals surface area contributed by atoms with E-state index >= 15 is 0 Å². The molecule has 0 spiro atoms. The van der Waals surface area contributed by atoms with Gasteiger partial charge in [0.25, 0.3) is 0 Å². The van der Waals surface area contributed by atoms with Gasteiger partial charge >= 0.3 is 0 Å². The summed E-state index contributed by atoms with van der Waals surface area (Å²) in [6, 6.07) is 67.6. The molecular weight excluding hydrogens is 791 g/mol. The van der Waals surface area contributed by atoms with Crippen LogP contribution in [-0.2, 0) is 10.8 Å². The van der Waals surface area contributed by atoms with Crippen LogP contribution in [0.5, 0.6) is 0 Å². The summed E-state index contributed by atoms with van der Waals surface area (Å²) < 4.78 is 4.64. The van der Waals surface area contributed by atoms with Gasteiger partial charge in [-0.1, -0.05) is 186 Å². The molecule has 0 radical (unpaired) electrons. The van der Waals surface area contributed by atoms with E-state index in [1.807, 2.05) is 24.3 Å². The van der Waals surface area contributed by atoms with Gasteiger partial charge in [0, 0.05) is 38.4 Å². The van der Waals surface area contributed by atoms with Gasteiger partial charge in [-0.3, -0.25) is 4.57 Å². The summed E-state index contributed by atoms with van der Waals surface area (Å²) >= 11 is 0. The molecule has 65 heavy (non-hydrogen) atoms. The molecule has 0 aliphatic heterocycles. The van der Waals surface area contributed by atoms with Crippen molar-refractivity contribution < 1.29 is 0 Å². The zero-order valence-electron chi connectivity index (χ0n) is 37.4. The fourth-order valence-corrected chi connectivity index (χ4v) is 10.7. The van der Waals surface area contributed by atoms with E-state index in [0.29, 0.717) is 23.5 Å². The highest BCUT2D eigenvalue weighted by atomic mass is 15.2. The molecule has 0 saturated heterocycles. The summed E-state index contributed by atoms with van der Waals surface area (Å²) in [6.07, 6.45) is 1.20. The molecule has 0 fully saturated rings. The molecule has 11 aromatic rings. The molecular formula is C60H49N5. The minimum absolute atomic E-state index is 0.109. The molecule has 1 atom stereocenters. The maximum absolute atomic E-state index is 5.30. The van der Waals surface area contributed by atoms with Crippen LogP contribution in [0.15, 0.2) is 188 Å². The number of hydrogen-bond acceptors (Lipinski definition) is 3. The van der Waals surface area contributed by atoms with Crippen molar-refractivity contribution in [1.29, 1.82) is 0 Å². The van der Waals surface area contributed by atoms with Gasteiger partial charge in [-0.25, -0.2) is 4.98 Å². The lowest BCUT2D eigenvalue weighted by Gasteiger charge is -2.46. The zero-order valence-corrected chi connectivity index (χ0v) is 37.4. The Morgan fingerprint density at radius 1 is 0.400 bits per heavy atom. The molecule has 5 nitrogen and oxygen atoms in total. The average molecular weight is 840 g/mol. The first kappa shape index (κ1) is 39.0. The third kappa shape index (κ3) is 6.32. The number of benzene rings is 8. The molecule has 3 heterocycles.